The Hall–Kier alpha value is -1.43. The van der Waals surface area contributed by atoms with Crippen molar-refractivity contribution in [2.24, 2.45) is 34.5 Å². The third-order valence-electron chi connectivity index (χ3n) is 9.91. The molecule has 0 aromatic heterocycles. The summed E-state index contributed by atoms with van der Waals surface area (Å²) < 4.78 is 11.3. The van der Waals surface area contributed by atoms with E-state index in [1.54, 1.807) is 6.92 Å². The van der Waals surface area contributed by atoms with Crippen molar-refractivity contribution < 1.29 is 29.0 Å². The molecule has 9 atom stereocenters. The van der Waals surface area contributed by atoms with Crippen molar-refractivity contribution >= 4 is 17.7 Å². The van der Waals surface area contributed by atoms with E-state index in [1.807, 2.05) is 0 Å². The van der Waals surface area contributed by atoms with Crippen LogP contribution in [-0.4, -0.2) is 40.6 Å². The quantitative estimate of drug-likeness (QED) is 0.679. The fourth-order valence-corrected chi connectivity index (χ4v) is 8.49. The number of carbonyl (C=O) groups excluding carboxylic acids is 3. The van der Waals surface area contributed by atoms with Crippen molar-refractivity contribution in [3.8, 4) is 0 Å². The van der Waals surface area contributed by atoms with Crippen molar-refractivity contribution in [3.63, 3.8) is 0 Å². The molecule has 6 nitrogen and oxygen atoms in total. The van der Waals surface area contributed by atoms with Crippen LogP contribution in [0.2, 0.25) is 0 Å². The lowest BCUT2D eigenvalue weighted by atomic mass is 9.42. The van der Waals surface area contributed by atoms with Gasteiger partial charge in [-0.05, 0) is 81.0 Å². The number of ketones is 1. The first kappa shape index (κ1) is 22.8. The van der Waals surface area contributed by atoms with Gasteiger partial charge >= 0.3 is 11.9 Å². The van der Waals surface area contributed by atoms with Crippen LogP contribution in [0.1, 0.15) is 86.0 Å². The molecule has 0 aliphatic heterocycles. The third kappa shape index (κ3) is 3.35. The highest BCUT2D eigenvalue weighted by Gasteiger charge is 2.70. The van der Waals surface area contributed by atoms with Gasteiger partial charge in [0.1, 0.15) is 18.0 Å². The summed E-state index contributed by atoms with van der Waals surface area (Å²) in [5.74, 6) is -0.216. The summed E-state index contributed by atoms with van der Waals surface area (Å²) in [4.78, 5) is 35.9. The molecule has 0 aromatic carbocycles. The van der Waals surface area contributed by atoms with E-state index >= 15 is 0 Å². The normalized spacial score (nSPS) is 48.7. The van der Waals surface area contributed by atoms with Gasteiger partial charge in [-0.3, -0.25) is 14.4 Å². The fraction of sp³-hybridized carbons (Fsp3) is 0.880. The number of aliphatic hydroxyl groups is 1. The summed E-state index contributed by atoms with van der Waals surface area (Å²) in [7, 11) is 0. The van der Waals surface area contributed by atoms with Crippen LogP contribution in [-0.2, 0) is 23.9 Å². The molecule has 4 rings (SSSR count). The summed E-state index contributed by atoms with van der Waals surface area (Å²) >= 11 is 0. The number of ether oxygens (including phenoxy) is 2. The van der Waals surface area contributed by atoms with Crippen LogP contribution in [0, 0.1) is 34.5 Å². The molecular weight excluding hydrogens is 396 g/mol. The average Bonchev–Trinajstić information content (AvgIpc) is 2.95. The number of fused-ring (bicyclic) bond motifs is 5. The van der Waals surface area contributed by atoms with Gasteiger partial charge < -0.3 is 14.6 Å². The smallest absolute Gasteiger partial charge is 0.302 e. The maximum Gasteiger partial charge on any atom is 0.302 e. The lowest BCUT2D eigenvalue weighted by Crippen LogP contribution is -2.66. The van der Waals surface area contributed by atoms with Gasteiger partial charge in [0.2, 0.25) is 0 Å². The second-order valence-corrected chi connectivity index (χ2v) is 11.3. The van der Waals surface area contributed by atoms with Crippen molar-refractivity contribution in [1.29, 1.82) is 0 Å². The Kier molecular flexibility index (Phi) is 5.55. The molecule has 0 radical (unpaired) electrons. The SMILES string of the molecule is CC(=O)O[C@@H]1CC[C@]2(C)[C@@H](CC[C@@H]3[C@@H]4[C@@H](OC(C)=O)C[C@H](C(C)=O)[C@@]4(C)CC[C@@]32O)C1. The van der Waals surface area contributed by atoms with E-state index < -0.39 is 5.60 Å². The summed E-state index contributed by atoms with van der Waals surface area (Å²) in [6, 6.07) is 0. The highest BCUT2D eigenvalue weighted by molar-refractivity contribution is 5.80. The maximum absolute atomic E-state index is 12.5. The highest BCUT2D eigenvalue weighted by atomic mass is 16.5. The minimum absolute atomic E-state index is 0.00600. The largest absolute Gasteiger partial charge is 0.463 e. The number of esters is 2. The van der Waals surface area contributed by atoms with Gasteiger partial charge in [0.15, 0.2) is 0 Å². The molecule has 4 aliphatic carbocycles. The Morgan fingerprint density at radius 2 is 1.55 bits per heavy atom. The predicted octanol–water partition coefficient (Wildman–Crippen LogP) is 3.82. The Morgan fingerprint density at radius 3 is 2.16 bits per heavy atom. The van der Waals surface area contributed by atoms with Gasteiger partial charge in [0.25, 0.3) is 0 Å². The number of carbonyl (C=O) groups is 3. The van der Waals surface area contributed by atoms with Crippen molar-refractivity contribution in [1.82, 2.24) is 0 Å². The number of hydrogen-bond donors (Lipinski definition) is 1. The standard InChI is InChI=1S/C25H38O6/c1-14(26)20-13-21(31-16(3)28)22-19-7-6-17-12-18(30-15(2)27)8-9-24(17,5)25(19,29)11-10-23(20,22)4/h17-22,29H,6-13H2,1-5H3/t17-,18+,19+,20+,21-,22+,23+,24+,25+/m0/s1. The second kappa shape index (κ2) is 7.57. The summed E-state index contributed by atoms with van der Waals surface area (Å²) in [6.07, 6.45) is 5.84. The first-order chi connectivity index (χ1) is 14.4. The van der Waals surface area contributed by atoms with E-state index in [0.717, 1.165) is 38.5 Å². The molecule has 0 amide bonds. The molecule has 4 aliphatic rings. The van der Waals surface area contributed by atoms with E-state index in [0.29, 0.717) is 18.8 Å². The van der Waals surface area contributed by atoms with E-state index in [2.05, 4.69) is 13.8 Å². The highest BCUT2D eigenvalue weighted by Crippen LogP contribution is 2.69. The molecular formula is C25H38O6. The number of hydrogen-bond acceptors (Lipinski definition) is 6. The predicted molar refractivity (Wildman–Crippen MR) is 114 cm³/mol. The van der Waals surface area contributed by atoms with Crippen molar-refractivity contribution in [2.75, 3.05) is 0 Å². The molecule has 1 N–H and O–H groups in total. The first-order valence-electron chi connectivity index (χ1n) is 12.0. The Balaban J connectivity index is 1.67. The zero-order valence-corrected chi connectivity index (χ0v) is 19.6. The zero-order chi connectivity index (χ0) is 22.8. The van der Waals surface area contributed by atoms with Gasteiger partial charge in [-0.15, -0.1) is 0 Å². The van der Waals surface area contributed by atoms with Gasteiger partial charge in [-0.1, -0.05) is 13.8 Å². The lowest BCUT2D eigenvalue weighted by molar-refractivity contribution is -0.249. The van der Waals surface area contributed by atoms with Crippen LogP contribution < -0.4 is 0 Å². The van der Waals surface area contributed by atoms with E-state index in [1.165, 1.54) is 13.8 Å². The second-order valence-electron chi connectivity index (χ2n) is 11.3. The minimum atomic E-state index is -0.856. The third-order valence-corrected chi connectivity index (χ3v) is 9.91. The van der Waals surface area contributed by atoms with Crippen LogP contribution in [0.5, 0.6) is 0 Å². The monoisotopic (exact) mass is 434 g/mol. The lowest BCUT2D eigenvalue weighted by Gasteiger charge is -2.65. The van der Waals surface area contributed by atoms with Crippen LogP contribution in [0.15, 0.2) is 0 Å². The molecule has 0 unspecified atom stereocenters. The number of rotatable bonds is 3. The van der Waals surface area contributed by atoms with Crippen LogP contribution in [0.25, 0.3) is 0 Å². The van der Waals surface area contributed by atoms with Crippen molar-refractivity contribution in [2.45, 2.75) is 104 Å². The molecule has 0 spiro atoms. The van der Waals surface area contributed by atoms with E-state index in [4.69, 9.17) is 9.47 Å². The van der Waals surface area contributed by atoms with E-state index in [-0.39, 0.29) is 58.5 Å². The molecule has 6 heteroatoms. The molecule has 0 saturated heterocycles. The molecule has 0 aromatic rings. The molecule has 4 saturated carbocycles. The topological polar surface area (TPSA) is 89.9 Å². The van der Waals surface area contributed by atoms with Crippen LogP contribution >= 0.6 is 0 Å². The van der Waals surface area contributed by atoms with Crippen molar-refractivity contribution in [3.05, 3.63) is 0 Å². The van der Waals surface area contributed by atoms with Crippen LogP contribution in [0.3, 0.4) is 0 Å². The molecule has 174 valence electrons. The zero-order valence-electron chi connectivity index (χ0n) is 19.6. The Labute approximate surface area is 185 Å². The van der Waals surface area contributed by atoms with Gasteiger partial charge in [-0.25, -0.2) is 0 Å². The first-order valence-corrected chi connectivity index (χ1v) is 12.0. The summed E-state index contributed by atoms with van der Waals surface area (Å²) in [6.45, 7) is 8.94. The maximum atomic E-state index is 12.5. The van der Waals surface area contributed by atoms with Crippen LogP contribution in [0.4, 0.5) is 0 Å². The van der Waals surface area contributed by atoms with Gasteiger partial charge in [-0.2, -0.15) is 0 Å². The van der Waals surface area contributed by atoms with Gasteiger partial charge in [0.05, 0.1) is 5.60 Å². The fourth-order valence-electron chi connectivity index (χ4n) is 8.49. The molecule has 4 fully saturated rings. The molecule has 31 heavy (non-hydrogen) atoms. The Bertz CT molecular complexity index is 778. The Morgan fingerprint density at radius 1 is 0.871 bits per heavy atom. The van der Waals surface area contributed by atoms with Gasteiger partial charge in [0, 0.05) is 25.7 Å². The molecule has 0 heterocycles. The minimum Gasteiger partial charge on any atom is -0.463 e. The summed E-state index contributed by atoms with van der Waals surface area (Å²) in [5.41, 5.74) is -1.37. The van der Waals surface area contributed by atoms with E-state index in [9.17, 15) is 19.5 Å². The summed E-state index contributed by atoms with van der Waals surface area (Å²) in [5, 5.41) is 12.3. The number of Topliss-reactive ketones (excluding diaryl/α,β-unsaturated/α-hetero) is 1. The average molecular weight is 435 g/mol. The molecule has 0 bridgehead atoms.